The van der Waals surface area contributed by atoms with Crippen LogP contribution in [0.15, 0.2) is 35.3 Å². The van der Waals surface area contributed by atoms with Gasteiger partial charge in [-0.05, 0) is 12.5 Å². The van der Waals surface area contributed by atoms with Gasteiger partial charge in [0.15, 0.2) is 0 Å². The number of benzene rings is 1. The van der Waals surface area contributed by atoms with Crippen LogP contribution in [0, 0.1) is 0 Å². The zero-order valence-electron chi connectivity index (χ0n) is 16.8. The molecule has 4 amide bonds. The maximum absolute atomic E-state index is 12.5. The number of guanidine groups is 1. The minimum absolute atomic E-state index is 0.0181. The maximum atomic E-state index is 12.5. The van der Waals surface area contributed by atoms with Crippen LogP contribution >= 0.6 is 0 Å². The van der Waals surface area contributed by atoms with Gasteiger partial charge in [-0.2, -0.15) is 4.99 Å². The highest BCUT2D eigenvalue weighted by Crippen LogP contribution is 2.25. The molecule has 1 aromatic carbocycles. The molecule has 0 bridgehead atoms. The summed E-state index contributed by atoms with van der Waals surface area (Å²) in [7, 11) is 0. The number of carbonyl (C=O) groups excluding carboxylic acids is 3. The Morgan fingerprint density at radius 1 is 1.29 bits per heavy atom. The summed E-state index contributed by atoms with van der Waals surface area (Å²) in [5.41, 5.74) is 0.753. The maximum Gasteiger partial charge on any atom is 0.418 e. The SMILES string of the molecule is CCOC(=O)N1CN(C2CC(O)C(CO)O2)C(=O)N=C1NC(=O)OCc1ccccc1. The number of aliphatic imine (C=N–C) groups is 1. The van der Waals surface area contributed by atoms with E-state index in [0.29, 0.717) is 0 Å². The van der Waals surface area contributed by atoms with Gasteiger partial charge in [0.25, 0.3) is 0 Å². The number of aliphatic hydroxyl groups excluding tert-OH is 2. The second kappa shape index (κ2) is 10.2. The van der Waals surface area contributed by atoms with Crippen molar-refractivity contribution in [3.05, 3.63) is 35.9 Å². The van der Waals surface area contributed by atoms with Crippen molar-refractivity contribution in [3.63, 3.8) is 0 Å². The molecule has 1 aromatic rings. The van der Waals surface area contributed by atoms with Crippen molar-refractivity contribution in [3.8, 4) is 0 Å². The first kappa shape index (κ1) is 22.5. The number of hydrogen-bond acceptors (Lipinski definition) is 8. The van der Waals surface area contributed by atoms with Gasteiger partial charge in [0, 0.05) is 6.42 Å². The van der Waals surface area contributed by atoms with Crippen molar-refractivity contribution in [1.82, 2.24) is 15.1 Å². The first-order valence-corrected chi connectivity index (χ1v) is 9.68. The average molecular weight is 436 g/mol. The Labute approximate surface area is 178 Å². The third kappa shape index (κ3) is 5.48. The van der Waals surface area contributed by atoms with E-state index in [4.69, 9.17) is 14.2 Å². The Morgan fingerprint density at radius 3 is 2.68 bits per heavy atom. The van der Waals surface area contributed by atoms with E-state index in [2.05, 4.69) is 10.3 Å². The van der Waals surface area contributed by atoms with Crippen molar-refractivity contribution >= 4 is 24.2 Å². The standard InChI is InChI=1S/C19H24N4O8/c1-2-29-19(28)23-11-22(15-8-13(25)14(9-24)31-15)17(26)20-16(23)21-18(27)30-10-12-6-4-3-5-7-12/h3-7,13-15,24-25H,2,8-11H2,1H3,(H,20,21,26,27). The van der Waals surface area contributed by atoms with Gasteiger partial charge < -0.3 is 24.4 Å². The van der Waals surface area contributed by atoms with Gasteiger partial charge in [0.1, 0.15) is 25.6 Å². The van der Waals surface area contributed by atoms with E-state index in [1.54, 1.807) is 31.2 Å². The molecule has 2 aliphatic heterocycles. The number of ether oxygens (including phenoxy) is 3. The summed E-state index contributed by atoms with van der Waals surface area (Å²) in [5.74, 6) is -0.352. The van der Waals surface area contributed by atoms with Gasteiger partial charge in [-0.1, -0.05) is 30.3 Å². The molecule has 0 saturated carbocycles. The summed E-state index contributed by atoms with van der Waals surface area (Å²) in [4.78, 5) is 42.9. The van der Waals surface area contributed by atoms with Crippen molar-refractivity contribution < 1.29 is 38.8 Å². The van der Waals surface area contributed by atoms with E-state index < -0.39 is 43.3 Å². The summed E-state index contributed by atoms with van der Waals surface area (Å²) in [5, 5.41) is 21.4. The second-order valence-corrected chi connectivity index (χ2v) is 6.76. The van der Waals surface area contributed by atoms with Crippen LogP contribution in [0.2, 0.25) is 0 Å². The van der Waals surface area contributed by atoms with E-state index in [1.807, 2.05) is 6.07 Å². The molecule has 1 saturated heterocycles. The van der Waals surface area contributed by atoms with Crippen molar-refractivity contribution in [2.45, 2.75) is 38.4 Å². The van der Waals surface area contributed by atoms with Crippen LogP contribution in [0.4, 0.5) is 14.4 Å². The average Bonchev–Trinajstić information content (AvgIpc) is 3.13. The highest BCUT2D eigenvalue weighted by molar-refractivity contribution is 6.06. The smallest absolute Gasteiger partial charge is 0.418 e. The topological polar surface area (TPSA) is 150 Å². The van der Waals surface area contributed by atoms with Gasteiger partial charge >= 0.3 is 18.2 Å². The number of urea groups is 1. The van der Waals surface area contributed by atoms with E-state index in [9.17, 15) is 24.6 Å². The van der Waals surface area contributed by atoms with E-state index in [1.165, 1.54) is 0 Å². The molecule has 3 N–H and O–H groups in total. The molecule has 0 aliphatic carbocycles. The first-order chi connectivity index (χ1) is 14.9. The molecule has 2 aliphatic rings. The Kier molecular flexibility index (Phi) is 7.39. The molecule has 0 spiro atoms. The van der Waals surface area contributed by atoms with Crippen LogP contribution in [-0.2, 0) is 20.8 Å². The van der Waals surface area contributed by atoms with Crippen molar-refractivity contribution in [2.75, 3.05) is 19.9 Å². The van der Waals surface area contributed by atoms with Crippen LogP contribution in [0.3, 0.4) is 0 Å². The minimum Gasteiger partial charge on any atom is -0.449 e. The molecule has 12 heteroatoms. The Balaban J connectivity index is 1.70. The number of hydrogen-bond donors (Lipinski definition) is 3. The van der Waals surface area contributed by atoms with E-state index >= 15 is 0 Å². The predicted octanol–water partition coefficient (Wildman–Crippen LogP) is 0.589. The number of amides is 4. The number of alkyl carbamates (subject to hydrolysis) is 1. The molecule has 3 rings (SSSR count). The third-order valence-corrected chi connectivity index (χ3v) is 4.64. The lowest BCUT2D eigenvalue weighted by Crippen LogP contribution is -2.58. The minimum atomic E-state index is -0.977. The Bertz CT molecular complexity index is 833. The highest BCUT2D eigenvalue weighted by atomic mass is 16.6. The molecule has 3 unspecified atom stereocenters. The molecule has 168 valence electrons. The molecule has 31 heavy (non-hydrogen) atoms. The summed E-state index contributed by atoms with van der Waals surface area (Å²) in [6.45, 7) is 0.872. The van der Waals surface area contributed by atoms with Crippen molar-refractivity contribution in [1.29, 1.82) is 0 Å². The Morgan fingerprint density at radius 2 is 2.03 bits per heavy atom. The molecule has 3 atom stereocenters. The summed E-state index contributed by atoms with van der Waals surface area (Å²) in [6.07, 6.45) is -4.47. The fourth-order valence-electron chi connectivity index (χ4n) is 3.07. The monoisotopic (exact) mass is 436 g/mol. The van der Waals surface area contributed by atoms with Crippen LogP contribution in [0.1, 0.15) is 18.9 Å². The molecule has 0 aromatic heterocycles. The van der Waals surface area contributed by atoms with Crippen LogP contribution < -0.4 is 5.32 Å². The van der Waals surface area contributed by atoms with Crippen LogP contribution in [0.5, 0.6) is 0 Å². The lowest BCUT2D eigenvalue weighted by Gasteiger charge is -2.35. The zero-order chi connectivity index (χ0) is 22.4. The fourth-order valence-corrected chi connectivity index (χ4v) is 3.07. The normalized spacial score (nSPS) is 23.4. The summed E-state index contributed by atoms with van der Waals surface area (Å²) >= 11 is 0. The van der Waals surface area contributed by atoms with E-state index in [0.717, 1.165) is 15.4 Å². The molecule has 12 nitrogen and oxygen atoms in total. The second-order valence-electron chi connectivity index (χ2n) is 6.76. The lowest BCUT2D eigenvalue weighted by atomic mass is 10.2. The number of nitrogens with zero attached hydrogens (tertiary/aromatic N) is 3. The summed E-state index contributed by atoms with van der Waals surface area (Å²) < 4.78 is 15.6. The predicted molar refractivity (Wildman–Crippen MR) is 105 cm³/mol. The van der Waals surface area contributed by atoms with Crippen LogP contribution in [-0.4, -0.2) is 82.5 Å². The molecule has 0 radical (unpaired) electrons. The van der Waals surface area contributed by atoms with Gasteiger partial charge in [0.2, 0.25) is 5.96 Å². The summed E-state index contributed by atoms with van der Waals surface area (Å²) in [6, 6.07) is 8.16. The number of aliphatic hydroxyl groups is 2. The van der Waals surface area contributed by atoms with Crippen LogP contribution in [0.25, 0.3) is 0 Å². The van der Waals surface area contributed by atoms with Crippen molar-refractivity contribution in [2.24, 2.45) is 4.99 Å². The van der Waals surface area contributed by atoms with Gasteiger partial charge in [-0.3, -0.25) is 10.2 Å². The van der Waals surface area contributed by atoms with Gasteiger partial charge in [-0.15, -0.1) is 0 Å². The number of carbonyl (C=O) groups is 3. The number of rotatable bonds is 5. The molecular weight excluding hydrogens is 412 g/mol. The molecule has 1 fully saturated rings. The third-order valence-electron chi connectivity index (χ3n) is 4.64. The largest absolute Gasteiger partial charge is 0.449 e. The molecule has 2 heterocycles. The Hall–Kier alpha value is -3.22. The highest BCUT2D eigenvalue weighted by Gasteiger charge is 2.43. The fraction of sp³-hybridized carbons (Fsp3) is 0.474. The first-order valence-electron chi connectivity index (χ1n) is 9.68. The number of nitrogens with one attached hydrogen (secondary N) is 1. The lowest BCUT2D eigenvalue weighted by molar-refractivity contribution is -0.0706. The quantitative estimate of drug-likeness (QED) is 0.607. The van der Waals surface area contributed by atoms with Gasteiger partial charge in [0.05, 0.1) is 19.3 Å². The zero-order valence-corrected chi connectivity index (χ0v) is 16.8. The van der Waals surface area contributed by atoms with E-state index in [-0.39, 0.29) is 32.3 Å². The molecular formula is C19H24N4O8. The van der Waals surface area contributed by atoms with Gasteiger partial charge in [-0.25, -0.2) is 19.3 Å².